The Morgan fingerprint density at radius 2 is 1.46 bits per heavy atom. The maximum absolute atomic E-state index is 11.7. The summed E-state index contributed by atoms with van der Waals surface area (Å²) < 4.78 is 12.1. The Labute approximate surface area is 153 Å². The highest BCUT2D eigenvalue weighted by Gasteiger charge is 2.60. The normalized spacial score (nSPS) is 23.8. The molecule has 0 bridgehead atoms. The summed E-state index contributed by atoms with van der Waals surface area (Å²) >= 11 is 0. The predicted octanol–water partition coefficient (Wildman–Crippen LogP) is 3.79. The minimum absolute atomic E-state index is 0.177. The fraction of sp³-hybridized carbons (Fsp3) is 0.429. The van der Waals surface area contributed by atoms with Gasteiger partial charge in [-0.2, -0.15) is 0 Å². The van der Waals surface area contributed by atoms with Crippen molar-refractivity contribution in [1.29, 1.82) is 0 Å². The predicted molar refractivity (Wildman–Crippen MR) is 97.5 cm³/mol. The molecule has 2 aromatic carbocycles. The molecule has 1 unspecified atom stereocenters. The number of hydrogen-bond acceptors (Lipinski definition) is 4. The summed E-state index contributed by atoms with van der Waals surface area (Å²) in [5, 5.41) is 11.7. The molecule has 0 aromatic heterocycles. The second kappa shape index (κ2) is 6.82. The van der Waals surface area contributed by atoms with Crippen LogP contribution in [0.3, 0.4) is 0 Å². The van der Waals surface area contributed by atoms with Gasteiger partial charge in [0.25, 0.3) is 0 Å². The first-order valence-electron chi connectivity index (χ1n) is 9.18. The van der Waals surface area contributed by atoms with Crippen LogP contribution in [0.5, 0.6) is 0 Å². The van der Waals surface area contributed by atoms with Crippen molar-refractivity contribution >= 4 is 0 Å². The van der Waals surface area contributed by atoms with Gasteiger partial charge in [-0.1, -0.05) is 60.7 Å². The second-order valence-corrected chi connectivity index (χ2v) is 7.13. The van der Waals surface area contributed by atoms with Gasteiger partial charge in [0.15, 0.2) is 5.79 Å². The fourth-order valence-electron chi connectivity index (χ4n) is 4.93. The highest BCUT2D eigenvalue weighted by atomic mass is 16.7. The van der Waals surface area contributed by atoms with Crippen molar-refractivity contribution in [3.63, 3.8) is 0 Å². The Morgan fingerprint density at radius 3 is 1.96 bits per heavy atom. The molecule has 1 saturated carbocycles. The van der Waals surface area contributed by atoms with E-state index in [1.54, 1.807) is 0 Å². The number of nitro groups is 1. The van der Waals surface area contributed by atoms with E-state index in [0.29, 0.717) is 19.6 Å². The molecule has 1 atom stereocenters. The minimum Gasteiger partial charge on any atom is -0.347 e. The summed E-state index contributed by atoms with van der Waals surface area (Å²) in [6.07, 6.45) is 2.44. The summed E-state index contributed by atoms with van der Waals surface area (Å²) in [5.41, 5.74) is 1.69. The zero-order valence-electron chi connectivity index (χ0n) is 14.7. The monoisotopic (exact) mass is 353 g/mol. The molecular formula is C21H23NO4. The molecule has 1 saturated heterocycles. The summed E-state index contributed by atoms with van der Waals surface area (Å²) in [6.45, 7) is 0.811. The maximum Gasteiger partial charge on any atom is 0.213 e. The van der Waals surface area contributed by atoms with Crippen LogP contribution in [-0.2, 0) is 14.9 Å². The standard InChI is InChI=1S/C21H23NO4/c23-22(24)16-19-20(17-8-3-1-4-9-17,18-10-5-2-6-11-18)12-7-13-21(19)25-14-15-26-21/h1-6,8-11,19H,7,12-16H2. The number of rotatable bonds is 4. The lowest BCUT2D eigenvalue weighted by molar-refractivity contribution is -0.501. The molecule has 2 aliphatic rings. The van der Waals surface area contributed by atoms with Crippen molar-refractivity contribution in [2.45, 2.75) is 30.5 Å². The van der Waals surface area contributed by atoms with Crippen molar-refractivity contribution in [2.24, 2.45) is 5.92 Å². The van der Waals surface area contributed by atoms with Gasteiger partial charge in [-0.3, -0.25) is 10.1 Å². The molecule has 1 aliphatic carbocycles. The molecule has 1 aliphatic heterocycles. The smallest absolute Gasteiger partial charge is 0.213 e. The highest BCUT2D eigenvalue weighted by Crippen LogP contribution is 2.55. The molecule has 0 radical (unpaired) electrons. The van der Waals surface area contributed by atoms with Gasteiger partial charge in [-0.25, -0.2) is 0 Å². The van der Waals surface area contributed by atoms with Crippen LogP contribution in [0.1, 0.15) is 30.4 Å². The van der Waals surface area contributed by atoms with Crippen LogP contribution in [0.15, 0.2) is 60.7 Å². The van der Waals surface area contributed by atoms with Gasteiger partial charge < -0.3 is 9.47 Å². The lowest BCUT2D eigenvalue weighted by atomic mass is 9.57. The fourth-order valence-corrected chi connectivity index (χ4v) is 4.93. The molecule has 4 rings (SSSR count). The van der Waals surface area contributed by atoms with Crippen LogP contribution in [0.25, 0.3) is 0 Å². The number of benzene rings is 2. The zero-order valence-corrected chi connectivity index (χ0v) is 14.7. The first-order valence-corrected chi connectivity index (χ1v) is 9.18. The zero-order chi connectivity index (χ0) is 18.0. The molecule has 26 heavy (non-hydrogen) atoms. The van der Waals surface area contributed by atoms with Crippen LogP contribution in [0.4, 0.5) is 0 Å². The third-order valence-corrected chi connectivity index (χ3v) is 5.91. The van der Waals surface area contributed by atoms with E-state index in [1.165, 1.54) is 0 Å². The quantitative estimate of drug-likeness (QED) is 0.620. The molecule has 2 fully saturated rings. The van der Waals surface area contributed by atoms with Crippen molar-refractivity contribution in [1.82, 2.24) is 0 Å². The van der Waals surface area contributed by atoms with E-state index in [-0.39, 0.29) is 17.4 Å². The maximum atomic E-state index is 11.7. The van der Waals surface area contributed by atoms with Crippen LogP contribution in [-0.4, -0.2) is 30.5 Å². The van der Waals surface area contributed by atoms with E-state index in [4.69, 9.17) is 9.47 Å². The summed E-state index contributed by atoms with van der Waals surface area (Å²) in [5.74, 6) is -1.26. The van der Waals surface area contributed by atoms with Crippen LogP contribution in [0, 0.1) is 16.0 Å². The summed E-state index contributed by atoms with van der Waals surface area (Å²) in [6, 6.07) is 20.3. The average molecular weight is 353 g/mol. The molecule has 5 nitrogen and oxygen atoms in total. The van der Waals surface area contributed by atoms with Crippen molar-refractivity contribution < 1.29 is 14.4 Å². The molecule has 1 spiro atoms. The van der Waals surface area contributed by atoms with E-state index in [0.717, 1.165) is 24.0 Å². The Kier molecular flexibility index (Phi) is 4.51. The Hall–Kier alpha value is -2.24. The van der Waals surface area contributed by atoms with E-state index >= 15 is 0 Å². The molecule has 0 amide bonds. The van der Waals surface area contributed by atoms with Gasteiger partial charge in [-0.05, 0) is 24.0 Å². The van der Waals surface area contributed by atoms with Crippen LogP contribution >= 0.6 is 0 Å². The largest absolute Gasteiger partial charge is 0.347 e. The van der Waals surface area contributed by atoms with Crippen LogP contribution < -0.4 is 0 Å². The second-order valence-electron chi connectivity index (χ2n) is 7.13. The van der Waals surface area contributed by atoms with E-state index in [2.05, 4.69) is 24.3 Å². The van der Waals surface area contributed by atoms with Gasteiger partial charge in [0.1, 0.15) is 0 Å². The van der Waals surface area contributed by atoms with Gasteiger partial charge >= 0.3 is 0 Å². The van der Waals surface area contributed by atoms with Crippen LogP contribution in [0.2, 0.25) is 0 Å². The molecule has 5 heteroatoms. The number of ether oxygens (including phenoxy) is 2. The molecular weight excluding hydrogens is 330 g/mol. The van der Waals surface area contributed by atoms with Gasteiger partial charge in [0, 0.05) is 16.8 Å². The van der Waals surface area contributed by atoms with E-state index in [9.17, 15) is 10.1 Å². The minimum atomic E-state index is -0.878. The SMILES string of the molecule is O=[N+]([O-])CC1C2(CCCC1(c1ccccc1)c1ccccc1)OCCO2. The molecule has 2 aromatic rings. The number of nitrogens with zero attached hydrogens (tertiary/aromatic N) is 1. The first-order chi connectivity index (χ1) is 12.7. The molecule has 136 valence electrons. The van der Waals surface area contributed by atoms with Gasteiger partial charge in [-0.15, -0.1) is 0 Å². The average Bonchev–Trinajstić information content (AvgIpc) is 3.14. The topological polar surface area (TPSA) is 61.6 Å². The third-order valence-electron chi connectivity index (χ3n) is 5.91. The van der Waals surface area contributed by atoms with Gasteiger partial charge in [0.2, 0.25) is 6.54 Å². The Balaban J connectivity index is 1.94. The summed E-state index contributed by atoms with van der Waals surface area (Å²) in [4.78, 5) is 11.4. The Morgan fingerprint density at radius 1 is 0.923 bits per heavy atom. The van der Waals surface area contributed by atoms with Crippen molar-refractivity contribution in [2.75, 3.05) is 19.8 Å². The van der Waals surface area contributed by atoms with Crippen molar-refractivity contribution in [3.8, 4) is 0 Å². The first kappa shape index (κ1) is 17.2. The summed E-state index contributed by atoms with van der Waals surface area (Å²) in [7, 11) is 0. The Bertz CT molecular complexity index is 717. The highest BCUT2D eigenvalue weighted by molar-refractivity contribution is 5.42. The molecule has 0 N–H and O–H groups in total. The van der Waals surface area contributed by atoms with E-state index in [1.807, 2.05) is 36.4 Å². The third kappa shape index (κ3) is 2.72. The number of hydrogen-bond donors (Lipinski definition) is 0. The van der Waals surface area contributed by atoms with Crippen molar-refractivity contribution in [3.05, 3.63) is 81.9 Å². The van der Waals surface area contributed by atoms with E-state index < -0.39 is 11.2 Å². The lowest BCUT2D eigenvalue weighted by Gasteiger charge is -2.51. The molecule has 1 heterocycles. The van der Waals surface area contributed by atoms with Gasteiger partial charge in [0.05, 0.1) is 19.1 Å². The lowest BCUT2D eigenvalue weighted by Crippen LogP contribution is -2.57.